The fourth-order valence-corrected chi connectivity index (χ4v) is 2.24. The van der Waals surface area contributed by atoms with Gasteiger partial charge in [0.2, 0.25) is 0 Å². The molecule has 1 atom stereocenters. The summed E-state index contributed by atoms with van der Waals surface area (Å²) in [6, 6.07) is 1.66. The van der Waals surface area contributed by atoms with Gasteiger partial charge in [0.15, 0.2) is 0 Å². The van der Waals surface area contributed by atoms with Crippen LogP contribution in [0.15, 0.2) is 6.07 Å². The fourth-order valence-electron chi connectivity index (χ4n) is 2.24. The lowest BCUT2D eigenvalue weighted by Crippen LogP contribution is -2.25. The Morgan fingerprint density at radius 3 is 2.26 bits per heavy atom. The van der Waals surface area contributed by atoms with Crippen molar-refractivity contribution in [3.63, 3.8) is 0 Å². The fraction of sp³-hybridized carbons (Fsp3) is 0.600. The minimum absolute atomic E-state index is 0.241. The van der Waals surface area contributed by atoms with E-state index in [2.05, 4.69) is 5.32 Å². The Hall–Kier alpha value is -1.26. The summed E-state index contributed by atoms with van der Waals surface area (Å²) in [5.41, 5.74) is 2.24. The molecule has 1 aromatic rings. The van der Waals surface area contributed by atoms with Crippen molar-refractivity contribution in [2.75, 3.05) is 0 Å². The first-order valence-electron chi connectivity index (χ1n) is 6.98. The van der Waals surface area contributed by atoms with Crippen molar-refractivity contribution in [3.05, 3.63) is 22.8 Å². The summed E-state index contributed by atoms with van der Waals surface area (Å²) in [7, 11) is 0. The second-order valence-corrected chi connectivity index (χ2v) is 4.92. The Balaban J connectivity index is 3.18. The minimum Gasteiger partial charge on any atom is -0.508 e. The highest BCUT2D eigenvalue weighted by Gasteiger charge is 2.16. The molecule has 4 heteroatoms. The molecule has 4 N–H and O–H groups in total. The van der Waals surface area contributed by atoms with E-state index in [4.69, 9.17) is 0 Å². The Bertz CT molecular complexity index is 416. The summed E-state index contributed by atoms with van der Waals surface area (Å²) in [6.07, 6.45) is 2.59. The third-order valence-electron chi connectivity index (χ3n) is 3.17. The second-order valence-electron chi connectivity index (χ2n) is 4.92. The number of aliphatic hydroxyl groups excluding tert-OH is 1. The largest absolute Gasteiger partial charge is 0.508 e. The molecule has 0 aliphatic rings. The summed E-state index contributed by atoms with van der Waals surface area (Å²) < 4.78 is 0. The lowest BCUT2D eigenvalue weighted by molar-refractivity contribution is 0.154. The molecular weight excluding hydrogens is 242 g/mol. The monoisotopic (exact) mass is 267 g/mol. The van der Waals surface area contributed by atoms with E-state index >= 15 is 0 Å². The molecular formula is C15H25NO3. The van der Waals surface area contributed by atoms with Crippen molar-refractivity contribution < 1.29 is 15.3 Å². The van der Waals surface area contributed by atoms with Crippen LogP contribution < -0.4 is 5.32 Å². The van der Waals surface area contributed by atoms with Crippen LogP contribution in [0.1, 0.15) is 50.3 Å². The number of benzene rings is 1. The van der Waals surface area contributed by atoms with Gasteiger partial charge in [0.05, 0.1) is 0 Å². The predicted octanol–water partition coefficient (Wildman–Crippen LogP) is 2.43. The van der Waals surface area contributed by atoms with E-state index in [1.54, 1.807) is 13.0 Å². The Kier molecular flexibility index (Phi) is 6.12. The quantitative estimate of drug-likeness (QED) is 0.452. The van der Waals surface area contributed by atoms with E-state index < -0.39 is 6.23 Å². The minimum atomic E-state index is -0.647. The number of aliphatic hydroxyl groups is 1. The van der Waals surface area contributed by atoms with Gasteiger partial charge in [-0.25, -0.2) is 0 Å². The van der Waals surface area contributed by atoms with Gasteiger partial charge >= 0.3 is 0 Å². The first-order chi connectivity index (χ1) is 9.01. The first kappa shape index (κ1) is 15.8. The number of aromatic hydroxyl groups is 2. The molecule has 0 radical (unpaired) electrons. The number of aryl methyl sites for hydroxylation is 1. The summed E-state index contributed by atoms with van der Waals surface area (Å²) in [6.45, 7) is 6.04. The van der Waals surface area contributed by atoms with Crippen LogP contribution in [0.5, 0.6) is 11.5 Å². The smallest absolute Gasteiger partial charge is 0.123 e. The number of hydrogen-bond acceptors (Lipinski definition) is 4. The molecule has 0 saturated heterocycles. The van der Waals surface area contributed by atoms with Gasteiger partial charge in [0, 0.05) is 17.7 Å². The Morgan fingerprint density at radius 2 is 1.74 bits per heavy atom. The van der Waals surface area contributed by atoms with Gasteiger partial charge < -0.3 is 15.3 Å². The molecule has 0 amide bonds. The molecule has 0 bridgehead atoms. The van der Waals surface area contributed by atoms with Crippen LogP contribution in [0.3, 0.4) is 0 Å². The summed E-state index contributed by atoms with van der Waals surface area (Å²) in [4.78, 5) is 0. The standard InChI is InChI=1S/C15H25NO3/c1-4-6-11-8-14(18)12(7-5-2)13(15(11)19)9-16-10(3)17/h8,10,16-19H,4-7,9H2,1-3H3. The van der Waals surface area contributed by atoms with E-state index in [9.17, 15) is 15.3 Å². The van der Waals surface area contributed by atoms with Crippen LogP contribution in [0.2, 0.25) is 0 Å². The molecule has 0 aromatic heterocycles. The van der Waals surface area contributed by atoms with E-state index in [1.807, 2.05) is 13.8 Å². The number of phenolic OH excluding ortho intramolecular Hbond substituents is 2. The third kappa shape index (κ3) is 4.11. The van der Waals surface area contributed by atoms with Crippen LogP contribution in [-0.2, 0) is 19.4 Å². The molecule has 0 spiro atoms. The zero-order valence-corrected chi connectivity index (χ0v) is 12.0. The van der Waals surface area contributed by atoms with Gasteiger partial charge in [-0.3, -0.25) is 5.32 Å². The molecule has 4 nitrogen and oxygen atoms in total. The highest BCUT2D eigenvalue weighted by atomic mass is 16.3. The summed E-state index contributed by atoms with van der Waals surface area (Å²) in [5, 5.41) is 32.6. The van der Waals surface area contributed by atoms with Crippen molar-refractivity contribution in [1.82, 2.24) is 5.32 Å². The first-order valence-corrected chi connectivity index (χ1v) is 6.98. The highest BCUT2D eigenvalue weighted by molar-refractivity contribution is 5.52. The van der Waals surface area contributed by atoms with Gasteiger partial charge in [-0.15, -0.1) is 0 Å². The predicted molar refractivity (Wildman–Crippen MR) is 76.3 cm³/mol. The highest BCUT2D eigenvalue weighted by Crippen LogP contribution is 2.34. The number of hydrogen-bond donors (Lipinski definition) is 4. The van der Waals surface area contributed by atoms with E-state index in [1.165, 1.54) is 0 Å². The average Bonchev–Trinajstić information content (AvgIpc) is 2.35. The third-order valence-corrected chi connectivity index (χ3v) is 3.17. The Labute approximate surface area is 115 Å². The summed E-state index contributed by atoms with van der Waals surface area (Å²) >= 11 is 0. The lowest BCUT2D eigenvalue weighted by Gasteiger charge is -2.18. The maximum absolute atomic E-state index is 10.3. The number of nitrogens with one attached hydrogen (secondary N) is 1. The molecule has 1 rings (SSSR count). The normalized spacial score (nSPS) is 12.6. The molecule has 0 heterocycles. The Morgan fingerprint density at radius 1 is 1.11 bits per heavy atom. The van der Waals surface area contributed by atoms with E-state index in [0.29, 0.717) is 18.5 Å². The summed E-state index contributed by atoms with van der Waals surface area (Å²) in [5.74, 6) is 0.488. The number of phenols is 2. The molecule has 0 saturated carbocycles. The van der Waals surface area contributed by atoms with Crippen molar-refractivity contribution >= 4 is 0 Å². The zero-order chi connectivity index (χ0) is 14.4. The van der Waals surface area contributed by atoms with Crippen LogP contribution in [0, 0.1) is 0 Å². The molecule has 0 fully saturated rings. The van der Waals surface area contributed by atoms with Gasteiger partial charge in [-0.2, -0.15) is 0 Å². The molecule has 0 aliphatic heterocycles. The van der Waals surface area contributed by atoms with Crippen LogP contribution in [0.25, 0.3) is 0 Å². The van der Waals surface area contributed by atoms with Gasteiger partial charge in [-0.1, -0.05) is 26.7 Å². The molecule has 0 aliphatic carbocycles. The van der Waals surface area contributed by atoms with Crippen LogP contribution in [0.4, 0.5) is 0 Å². The van der Waals surface area contributed by atoms with E-state index in [-0.39, 0.29) is 11.5 Å². The zero-order valence-electron chi connectivity index (χ0n) is 12.0. The number of rotatable bonds is 7. The van der Waals surface area contributed by atoms with Crippen LogP contribution in [-0.4, -0.2) is 21.5 Å². The lowest BCUT2D eigenvalue weighted by atomic mass is 9.95. The van der Waals surface area contributed by atoms with Crippen molar-refractivity contribution in [2.24, 2.45) is 0 Å². The SMILES string of the molecule is CCCc1cc(O)c(CCC)c(CNC(C)O)c1O. The van der Waals surface area contributed by atoms with E-state index in [0.717, 1.165) is 30.4 Å². The molecule has 19 heavy (non-hydrogen) atoms. The van der Waals surface area contributed by atoms with Crippen LogP contribution >= 0.6 is 0 Å². The van der Waals surface area contributed by atoms with Gasteiger partial charge in [0.25, 0.3) is 0 Å². The van der Waals surface area contributed by atoms with Crippen molar-refractivity contribution in [3.8, 4) is 11.5 Å². The average molecular weight is 267 g/mol. The maximum atomic E-state index is 10.3. The maximum Gasteiger partial charge on any atom is 0.123 e. The second kappa shape index (κ2) is 7.36. The molecule has 108 valence electrons. The van der Waals surface area contributed by atoms with Crippen molar-refractivity contribution in [2.45, 2.75) is 59.2 Å². The molecule has 1 unspecified atom stereocenters. The topological polar surface area (TPSA) is 72.7 Å². The molecule has 1 aromatic carbocycles. The van der Waals surface area contributed by atoms with Crippen molar-refractivity contribution in [1.29, 1.82) is 0 Å². The van der Waals surface area contributed by atoms with Gasteiger partial charge in [0.1, 0.15) is 17.7 Å². The van der Waals surface area contributed by atoms with Gasteiger partial charge in [-0.05, 0) is 31.4 Å².